The van der Waals surface area contributed by atoms with Crippen molar-refractivity contribution in [1.29, 1.82) is 0 Å². The quantitative estimate of drug-likeness (QED) is 0.0735. The predicted octanol–water partition coefficient (Wildman–Crippen LogP) is 5.20. The Morgan fingerprint density at radius 2 is 1.78 bits per heavy atom. The largest absolute Gasteiger partial charge is 0.423 e. The van der Waals surface area contributed by atoms with Crippen LogP contribution in [0.3, 0.4) is 0 Å². The van der Waals surface area contributed by atoms with Gasteiger partial charge in [0.2, 0.25) is 0 Å². The van der Waals surface area contributed by atoms with Crippen LogP contribution in [0.1, 0.15) is 17.0 Å². The number of hydrazone groups is 1. The average Bonchev–Trinajstić information content (AvgIpc) is 3.29. The number of nitrogens with zero attached hydrogens (tertiary/aromatic N) is 4. The van der Waals surface area contributed by atoms with E-state index in [-0.39, 0.29) is 11.7 Å². The Morgan fingerprint density at radius 3 is 2.54 bits per heavy atom. The van der Waals surface area contributed by atoms with Crippen LogP contribution in [0.25, 0.3) is 11.8 Å². The summed E-state index contributed by atoms with van der Waals surface area (Å²) >= 11 is 4.66. The molecule has 0 aliphatic carbocycles. The lowest BCUT2D eigenvalue weighted by Crippen LogP contribution is -2.20. The molecule has 0 radical (unpaired) electrons. The molecular weight excluding hydrogens is 554 g/mol. The number of aromatic nitrogens is 3. The number of halogens is 1. The molecule has 0 saturated carbocycles. The van der Waals surface area contributed by atoms with Gasteiger partial charge in [-0.2, -0.15) is 5.10 Å². The van der Waals surface area contributed by atoms with E-state index in [1.807, 2.05) is 72.2 Å². The maximum absolute atomic E-state index is 12.4. The summed E-state index contributed by atoms with van der Waals surface area (Å²) in [6.07, 6.45) is 4.45. The highest BCUT2D eigenvalue weighted by Crippen LogP contribution is 2.23. The number of aryl methyl sites for hydroxylation is 1. The lowest BCUT2D eigenvalue weighted by molar-refractivity contribution is -0.129. The SMILES string of the molecule is Cc1nnc(SCC(=O)N/N=C\c2cc(Br)ccc2OC(=O)/C=C/c2ccccc2)n1-c1ccccc1. The molecule has 37 heavy (non-hydrogen) atoms. The fraction of sp³-hybridized carbons (Fsp3) is 0.0741. The molecule has 4 rings (SSSR count). The number of carbonyl (C=O) groups is 2. The first-order valence-electron chi connectivity index (χ1n) is 11.2. The summed E-state index contributed by atoms with van der Waals surface area (Å²) < 4.78 is 8.12. The van der Waals surface area contributed by atoms with Gasteiger partial charge in [0.15, 0.2) is 5.16 Å². The summed E-state index contributed by atoms with van der Waals surface area (Å²) in [5.41, 5.74) is 4.82. The van der Waals surface area contributed by atoms with E-state index >= 15 is 0 Å². The van der Waals surface area contributed by atoms with Crippen LogP contribution in [0.4, 0.5) is 0 Å². The molecule has 0 aliphatic heterocycles. The third-order valence-corrected chi connectivity index (χ3v) is 6.35. The molecule has 0 unspecified atom stereocenters. The average molecular weight is 576 g/mol. The predicted molar refractivity (Wildman–Crippen MR) is 148 cm³/mol. The van der Waals surface area contributed by atoms with Gasteiger partial charge in [0.25, 0.3) is 5.91 Å². The minimum Gasteiger partial charge on any atom is -0.423 e. The number of hydrogen-bond acceptors (Lipinski definition) is 7. The molecule has 4 aromatic rings. The van der Waals surface area contributed by atoms with Crippen molar-refractivity contribution in [1.82, 2.24) is 20.2 Å². The van der Waals surface area contributed by atoms with E-state index in [0.29, 0.717) is 16.5 Å². The second-order valence-electron chi connectivity index (χ2n) is 7.63. The van der Waals surface area contributed by atoms with Crippen LogP contribution in [0.2, 0.25) is 0 Å². The van der Waals surface area contributed by atoms with Crippen molar-refractivity contribution in [3.63, 3.8) is 0 Å². The van der Waals surface area contributed by atoms with Crippen LogP contribution in [-0.2, 0) is 9.59 Å². The molecule has 0 atom stereocenters. The van der Waals surface area contributed by atoms with Crippen LogP contribution in [0, 0.1) is 6.92 Å². The first-order valence-corrected chi connectivity index (χ1v) is 12.9. The Labute approximate surface area is 226 Å². The van der Waals surface area contributed by atoms with Gasteiger partial charge in [0.05, 0.1) is 12.0 Å². The van der Waals surface area contributed by atoms with Crippen molar-refractivity contribution in [2.75, 3.05) is 5.75 Å². The van der Waals surface area contributed by atoms with E-state index in [1.165, 1.54) is 24.1 Å². The van der Waals surface area contributed by atoms with Crippen LogP contribution >= 0.6 is 27.7 Å². The number of carbonyl (C=O) groups excluding carboxylic acids is 2. The molecular formula is C27H22BrN5O3S. The van der Waals surface area contributed by atoms with E-state index in [4.69, 9.17) is 4.74 Å². The fourth-order valence-corrected chi connectivity index (χ4v) is 4.40. The highest BCUT2D eigenvalue weighted by atomic mass is 79.9. The minimum absolute atomic E-state index is 0.0902. The summed E-state index contributed by atoms with van der Waals surface area (Å²) in [5, 5.41) is 12.9. The minimum atomic E-state index is -0.529. The maximum atomic E-state index is 12.4. The van der Waals surface area contributed by atoms with Crippen molar-refractivity contribution in [3.8, 4) is 11.4 Å². The summed E-state index contributed by atoms with van der Waals surface area (Å²) in [4.78, 5) is 24.7. The summed E-state index contributed by atoms with van der Waals surface area (Å²) in [7, 11) is 0. The Balaban J connectivity index is 1.35. The van der Waals surface area contributed by atoms with Crippen molar-refractivity contribution < 1.29 is 14.3 Å². The van der Waals surface area contributed by atoms with Crippen molar-refractivity contribution in [3.05, 3.63) is 106 Å². The number of amides is 1. The Bertz CT molecular complexity index is 1440. The van der Waals surface area contributed by atoms with E-state index in [9.17, 15) is 9.59 Å². The van der Waals surface area contributed by atoms with Crippen molar-refractivity contribution in [2.45, 2.75) is 12.1 Å². The van der Waals surface area contributed by atoms with Gasteiger partial charge in [-0.3, -0.25) is 9.36 Å². The number of rotatable bonds is 9. The molecule has 1 amide bonds. The highest BCUT2D eigenvalue weighted by Gasteiger charge is 2.13. The second kappa shape index (κ2) is 12.8. The number of thioether (sulfide) groups is 1. The number of ether oxygens (including phenoxy) is 1. The van der Waals surface area contributed by atoms with Gasteiger partial charge in [-0.15, -0.1) is 10.2 Å². The van der Waals surface area contributed by atoms with Gasteiger partial charge in [-0.05, 0) is 48.9 Å². The summed E-state index contributed by atoms with van der Waals surface area (Å²) in [6.45, 7) is 1.86. The number of para-hydroxylation sites is 1. The number of esters is 1. The first-order chi connectivity index (χ1) is 18.0. The molecule has 0 spiro atoms. The molecule has 0 aliphatic rings. The van der Waals surface area contributed by atoms with Gasteiger partial charge in [0, 0.05) is 21.8 Å². The topological polar surface area (TPSA) is 98.5 Å². The molecule has 1 aromatic heterocycles. The zero-order valence-corrected chi connectivity index (χ0v) is 22.1. The highest BCUT2D eigenvalue weighted by molar-refractivity contribution is 9.10. The zero-order valence-electron chi connectivity index (χ0n) is 19.7. The third-order valence-electron chi connectivity index (χ3n) is 4.93. The fourth-order valence-electron chi connectivity index (χ4n) is 3.23. The van der Waals surface area contributed by atoms with Crippen LogP contribution in [0.15, 0.2) is 99.7 Å². The second-order valence-corrected chi connectivity index (χ2v) is 9.49. The zero-order chi connectivity index (χ0) is 26.0. The molecule has 3 aromatic carbocycles. The van der Waals surface area contributed by atoms with Crippen LogP contribution in [0.5, 0.6) is 5.75 Å². The molecule has 10 heteroatoms. The van der Waals surface area contributed by atoms with Crippen LogP contribution < -0.4 is 10.2 Å². The van der Waals surface area contributed by atoms with Gasteiger partial charge in [-0.25, -0.2) is 10.2 Å². The number of nitrogens with one attached hydrogen (secondary N) is 1. The maximum Gasteiger partial charge on any atom is 0.336 e. The van der Waals surface area contributed by atoms with E-state index in [1.54, 1.807) is 24.3 Å². The van der Waals surface area contributed by atoms with Gasteiger partial charge < -0.3 is 4.74 Å². The lowest BCUT2D eigenvalue weighted by Gasteiger charge is -2.08. The molecule has 0 fully saturated rings. The van der Waals surface area contributed by atoms with E-state index < -0.39 is 5.97 Å². The molecule has 0 saturated heterocycles. The van der Waals surface area contributed by atoms with Gasteiger partial charge in [-0.1, -0.05) is 76.2 Å². The Morgan fingerprint density at radius 1 is 1.05 bits per heavy atom. The Kier molecular flexibility index (Phi) is 9.01. The smallest absolute Gasteiger partial charge is 0.336 e. The normalized spacial score (nSPS) is 11.2. The first kappa shape index (κ1) is 26.1. The van der Waals surface area contributed by atoms with E-state index in [2.05, 4.69) is 36.7 Å². The number of hydrogen-bond donors (Lipinski definition) is 1. The Hall–Kier alpha value is -4.02. The molecule has 0 bridgehead atoms. The summed E-state index contributed by atoms with van der Waals surface area (Å²) in [6, 6.07) is 24.3. The van der Waals surface area contributed by atoms with E-state index in [0.717, 1.165) is 21.5 Å². The third kappa shape index (κ3) is 7.48. The molecule has 186 valence electrons. The van der Waals surface area contributed by atoms with Crippen molar-refractivity contribution in [2.24, 2.45) is 5.10 Å². The standard InChI is InChI=1S/C27H22BrN5O3S/c1-19-30-32-27(33(19)23-10-6-3-7-11-23)37-18-25(34)31-29-17-21-16-22(28)13-14-24(21)36-26(35)15-12-20-8-4-2-5-9-20/h2-17H,18H2,1H3,(H,31,34)/b15-12+,29-17-. The molecule has 1 N–H and O–H groups in total. The lowest BCUT2D eigenvalue weighted by atomic mass is 10.2. The monoisotopic (exact) mass is 575 g/mol. The molecule has 1 heterocycles. The summed E-state index contributed by atoms with van der Waals surface area (Å²) in [5.74, 6) is 0.277. The van der Waals surface area contributed by atoms with Gasteiger partial charge in [0.1, 0.15) is 11.6 Å². The molecule has 8 nitrogen and oxygen atoms in total. The number of benzene rings is 3. The van der Waals surface area contributed by atoms with Crippen molar-refractivity contribution >= 4 is 51.9 Å². The van der Waals surface area contributed by atoms with Crippen LogP contribution in [-0.4, -0.2) is 38.6 Å². The van der Waals surface area contributed by atoms with Gasteiger partial charge >= 0.3 is 5.97 Å².